The minimum Gasteiger partial charge on any atom is -0.368 e. The molecule has 2 aromatic heterocycles. The van der Waals surface area contributed by atoms with Crippen LogP contribution in [-0.2, 0) is 12.7 Å². The second kappa shape index (κ2) is 8.18. The molecule has 0 unspecified atom stereocenters. The van der Waals surface area contributed by atoms with Crippen molar-refractivity contribution >= 4 is 33.1 Å². The van der Waals surface area contributed by atoms with E-state index in [1.165, 1.54) is 23.5 Å². The zero-order chi connectivity index (χ0) is 22.3. The van der Waals surface area contributed by atoms with Gasteiger partial charge in [0.05, 0.1) is 16.1 Å². The molecule has 4 rings (SSSR count). The predicted molar refractivity (Wildman–Crippen MR) is 117 cm³/mol. The molecule has 3 heterocycles. The number of halogens is 3. The van der Waals surface area contributed by atoms with Gasteiger partial charge in [-0.2, -0.15) is 18.3 Å². The normalized spacial score (nSPS) is 15.3. The standard InChI is InChI=1S/C22H25F3N4OS/c1-14(2)13-29-21-18(15(3)26-29)12-19(31-21)20(30)28-9-7-27(8-10-28)17-6-4-5-16(11-17)22(23,24)25/h4-6,11-12,14H,7-10,13H2,1-3H3. The number of carbonyl (C=O) groups is 1. The molecule has 1 aromatic carbocycles. The number of aromatic nitrogens is 2. The molecule has 9 heteroatoms. The van der Waals surface area contributed by atoms with E-state index in [-0.39, 0.29) is 5.91 Å². The average Bonchev–Trinajstić information content (AvgIpc) is 3.28. The second-order valence-corrected chi connectivity index (χ2v) is 9.35. The number of carbonyl (C=O) groups excluding carboxylic acids is 1. The van der Waals surface area contributed by atoms with E-state index in [4.69, 9.17) is 0 Å². The number of anilines is 1. The lowest BCUT2D eigenvalue weighted by atomic mass is 10.1. The van der Waals surface area contributed by atoms with Crippen molar-refractivity contribution in [2.24, 2.45) is 5.92 Å². The Labute approximate surface area is 183 Å². The molecular weight excluding hydrogens is 425 g/mol. The van der Waals surface area contributed by atoms with Crippen LogP contribution >= 0.6 is 11.3 Å². The Balaban J connectivity index is 1.46. The molecule has 31 heavy (non-hydrogen) atoms. The number of piperazine rings is 1. The number of fused-ring (bicyclic) bond motifs is 1. The van der Waals surface area contributed by atoms with Crippen molar-refractivity contribution in [1.82, 2.24) is 14.7 Å². The van der Waals surface area contributed by atoms with E-state index in [1.807, 2.05) is 22.6 Å². The maximum atomic E-state index is 13.1. The number of benzene rings is 1. The lowest BCUT2D eigenvalue weighted by Gasteiger charge is -2.36. The van der Waals surface area contributed by atoms with E-state index >= 15 is 0 Å². The van der Waals surface area contributed by atoms with Crippen molar-refractivity contribution in [3.63, 3.8) is 0 Å². The topological polar surface area (TPSA) is 41.4 Å². The maximum Gasteiger partial charge on any atom is 0.416 e. The van der Waals surface area contributed by atoms with Gasteiger partial charge in [0.1, 0.15) is 4.83 Å². The quantitative estimate of drug-likeness (QED) is 0.559. The van der Waals surface area contributed by atoms with Crippen molar-refractivity contribution in [1.29, 1.82) is 0 Å². The van der Waals surface area contributed by atoms with Gasteiger partial charge >= 0.3 is 6.18 Å². The predicted octanol–water partition coefficient (Wildman–Crippen LogP) is 5.04. The van der Waals surface area contributed by atoms with E-state index < -0.39 is 11.7 Å². The van der Waals surface area contributed by atoms with Gasteiger partial charge in [-0.05, 0) is 37.1 Å². The van der Waals surface area contributed by atoms with Crippen LogP contribution in [0.1, 0.15) is 34.8 Å². The Kier molecular flexibility index (Phi) is 5.72. The van der Waals surface area contributed by atoms with Crippen LogP contribution < -0.4 is 4.90 Å². The number of alkyl halides is 3. The monoisotopic (exact) mass is 450 g/mol. The van der Waals surface area contributed by atoms with Crippen LogP contribution in [-0.4, -0.2) is 46.8 Å². The number of nitrogens with zero attached hydrogens (tertiary/aromatic N) is 4. The second-order valence-electron chi connectivity index (χ2n) is 8.32. The molecule has 1 aliphatic heterocycles. The van der Waals surface area contributed by atoms with Crippen LogP contribution in [0.25, 0.3) is 10.2 Å². The Morgan fingerprint density at radius 1 is 1.16 bits per heavy atom. The molecule has 1 fully saturated rings. The van der Waals surface area contributed by atoms with Crippen molar-refractivity contribution in [3.05, 3.63) is 46.5 Å². The molecule has 0 radical (unpaired) electrons. The van der Waals surface area contributed by atoms with Crippen LogP contribution in [0.2, 0.25) is 0 Å². The van der Waals surface area contributed by atoms with Gasteiger partial charge in [0.15, 0.2) is 0 Å². The highest BCUT2D eigenvalue weighted by atomic mass is 32.1. The first-order valence-electron chi connectivity index (χ1n) is 10.3. The van der Waals surface area contributed by atoms with Gasteiger partial charge in [-0.1, -0.05) is 19.9 Å². The Morgan fingerprint density at radius 2 is 1.87 bits per heavy atom. The highest BCUT2D eigenvalue weighted by Gasteiger charge is 2.31. The third-order valence-electron chi connectivity index (χ3n) is 5.46. The number of thiophene rings is 1. The lowest BCUT2D eigenvalue weighted by molar-refractivity contribution is -0.137. The van der Waals surface area contributed by atoms with Gasteiger partial charge in [-0.15, -0.1) is 11.3 Å². The highest BCUT2D eigenvalue weighted by molar-refractivity contribution is 7.20. The first-order chi connectivity index (χ1) is 14.6. The molecule has 0 aliphatic carbocycles. The van der Waals surface area contributed by atoms with Crippen molar-refractivity contribution in [2.45, 2.75) is 33.5 Å². The van der Waals surface area contributed by atoms with Crippen molar-refractivity contribution in [2.75, 3.05) is 31.1 Å². The molecule has 0 bridgehead atoms. The number of hydrogen-bond acceptors (Lipinski definition) is 4. The van der Waals surface area contributed by atoms with Gasteiger partial charge in [-0.3, -0.25) is 9.48 Å². The van der Waals surface area contributed by atoms with E-state index in [2.05, 4.69) is 18.9 Å². The third kappa shape index (κ3) is 4.42. The summed E-state index contributed by atoms with van der Waals surface area (Å²) in [6.45, 7) is 8.96. The van der Waals surface area contributed by atoms with Crippen LogP contribution in [0.15, 0.2) is 30.3 Å². The molecule has 5 nitrogen and oxygen atoms in total. The Hall–Kier alpha value is -2.55. The molecule has 3 aromatic rings. The number of rotatable bonds is 4. The van der Waals surface area contributed by atoms with Crippen LogP contribution in [0.4, 0.5) is 18.9 Å². The van der Waals surface area contributed by atoms with Gasteiger partial charge in [-0.25, -0.2) is 0 Å². The first kappa shape index (κ1) is 21.7. The van der Waals surface area contributed by atoms with Gasteiger partial charge < -0.3 is 9.80 Å². The minimum atomic E-state index is -4.36. The zero-order valence-corrected chi connectivity index (χ0v) is 18.6. The van der Waals surface area contributed by atoms with Gasteiger partial charge in [0, 0.05) is 43.8 Å². The molecule has 0 saturated carbocycles. The smallest absolute Gasteiger partial charge is 0.368 e. The maximum absolute atomic E-state index is 13.1. The lowest BCUT2D eigenvalue weighted by Crippen LogP contribution is -2.48. The minimum absolute atomic E-state index is 0.0274. The van der Waals surface area contributed by atoms with E-state index in [1.54, 1.807) is 11.0 Å². The summed E-state index contributed by atoms with van der Waals surface area (Å²) < 4.78 is 41.0. The molecule has 0 atom stereocenters. The Bertz CT molecular complexity index is 1090. The van der Waals surface area contributed by atoms with Crippen molar-refractivity contribution in [3.8, 4) is 0 Å². The third-order valence-corrected chi connectivity index (χ3v) is 6.60. The molecule has 0 N–H and O–H groups in total. The summed E-state index contributed by atoms with van der Waals surface area (Å²) in [5.74, 6) is 0.424. The Morgan fingerprint density at radius 3 is 2.52 bits per heavy atom. The molecule has 1 amide bonds. The summed E-state index contributed by atoms with van der Waals surface area (Å²) in [6, 6.07) is 7.28. The summed E-state index contributed by atoms with van der Waals surface area (Å²) in [6.07, 6.45) is -4.36. The molecule has 1 aliphatic rings. The number of hydrogen-bond donors (Lipinski definition) is 0. The summed E-state index contributed by atoms with van der Waals surface area (Å²) in [4.78, 5) is 18.5. The van der Waals surface area contributed by atoms with E-state index in [9.17, 15) is 18.0 Å². The fourth-order valence-corrected chi connectivity index (χ4v) is 5.03. The van der Waals surface area contributed by atoms with Gasteiger partial charge in [0.25, 0.3) is 5.91 Å². The summed E-state index contributed by atoms with van der Waals surface area (Å²) in [7, 11) is 0. The number of aryl methyl sites for hydroxylation is 1. The highest BCUT2D eigenvalue weighted by Crippen LogP contribution is 2.33. The van der Waals surface area contributed by atoms with Gasteiger partial charge in [0.2, 0.25) is 0 Å². The van der Waals surface area contributed by atoms with E-state index in [0.29, 0.717) is 42.7 Å². The largest absolute Gasteiger partial charge is 0.416 e. The average molecular weight is 451 g/mol. The van der Waals surface area contributed by atoms with E-state index in [0.717, 1.165) is 28.5 Å². The SMILES string of the molecule is Cc1nn(CC(C)C)c2sc(C(=O)N3CCN(c4cccc(C(F)(F)F)c4)CC3)cc12. The van der Waals surface area contributed by atoms with Crippen LogP contribution in [0, 0.1) is 12.8 Å². The summed E-state index contributed by atoms with van der Waals surface area (Å²) >= 11 is 1.46. The fraction of sp³-hybridized carbons (Fsp3) is 0.455. The molecule has 0 spiro atoms. The summed E-state index contributed by atoms with van der Waals surface area (Å²) in [5, 5.41) is 5.60. The summed E-state index contributed by atoms with van der Waals surface area (Å²) in [5.41, 5.74) is 0.799. The van der Waals surface area contributed by atoms with Crippen molar-refractivity contribution < 1.29 is 18.0 Å². The fourth-order valence-electron chi connectivity index (χ4n) is 3.89. The molecular formula is C22H25F3N4OS. The zero-order valence-electron chi connectivity index (χ0n) is 17.7. The molecule has 1 saturated heterocycles. The van der Waals surface area contributed by atoms with Crippen LogP contribution in [0.3, 0.4) is 0 Å². The number of amides is 1. The molecule has 166 valence electrons. The van der Waals surface area contributed by atoms with Crippen LogP contribution in [0.5, 0.6) is 0 Å². The first-order valence-corrected chi connectivity index (χ1v) is 11.1.